The van der Waals surface area contributed by atoms with Crippen molar-refractivity contribution in [3.63, 3.8) is 0 Å². The van der Waals surface area contributed by atoms with Gasteiger partial charge in [-0.3, -0.25) is 15.3 Å². The first kappa shape index (κ1) is 14.8. The van der Waals surface area contributed by atoms with E-state index in [1.807, 2.05) is 0 Å². The summed E-state index contributed by atoms with van der Waals surface area (Å²) in [6, 6.07) is 3.45. The molecule has 0 aliphatic carbocycles. The second kappa shape index (κ2) is 5.78. The summed E-state index contributed by atoms with van der Waals surface area (Å²) in [4.78, 5) is 5.77. The maximum atomic E-state index is 12.8. The van der Waals surface area contributed by atoms with E-state index < -0.39 is 12.1 Å². The van der Waals surface area contributed by atoms with Crippen molar-refractivity contribution in [1.82, 2.24) is 9.88 Å². The van der Waals surface area contributed by atoms with Crippen LogP contribution in [0.4, 0.5) is 13.2 Å². The largest absolute Gasteiger partial charge is 0.393 e. The first-order valence-corrected chi connectivity index (χ1v) is 6.45. The summed E-state index contributed by atoms with van der Waals surface area (Å²) in [5.74, 6) is -1.43. The molecule has 3 N–H and O–H groups in total. The second-order valence-corrected chi connectivity index (χ2v) is 5.04. The number of nitrogens with zero attached hydrogens (tertiary/aromatic N) is 2. The fraction of sp³-hybridized carbons (Fsp3) is 0.538. The van der Waals surface area contributed by atoms with E-state index in [2.05, 4.69) is 4.98 Å². The summed E-state index contributed by atoms with van der Waals surface area (Å²) in [6.45, 7) is 0.962. The highest BCUT2D eigenvalue weighted by Crippen LogP contribution is 2.33. The van der Waals surface area contributed by atoms with Crippen LogP contribution in [0, 0.1) is 11.3 Å². The number of rotatable bonds is 3. The minimum absolute atomic E-state index is 0.00423. The molecule has 1 aromatic rings. The van der Waals surface area contributed by atoms with Crippen LogP contribution in [-0.2, 0) is 6.54 Å². The summed E-state index contributed by atoms with van der Waals surface area (Å²) in [6.07, 6.45) is -1.90. The van der Waals surface area contributed by atoms with E-state index in [0.29, 0.717) is 30.8 Å². The van der Waals surface area contributed by atoms with Gasteiger partial charge in [-0.25, -0.2) is 0 Å². The van der Waals surface area contributed by atoms with Gasteiger partial charge in [-0.1, -0.05) is 6.07 Å². The Kier molecular flexibility index (Phi) is 4.27. The van der Waals surface area contributed by atoms with Crippen LogP contribution in [0.2, 0.25) is 0 Å². The van der Waals surface area contributed by atoms with Crippen molar-refractivity contribution >= 4 is 5.84 Å². The van der Waals surface area contributed by atoms with E-state index in [9.17, 15) is 13.2 Å². The molecule has 0 radical (unpaired) electrons. The van der Waals surface area contributed by atoms with Crippen LogP contribution >= 0.6 is 0 Å². The summed E-state index contributed by atoms with van der Waals surface area (Å²) >= 11 is 0. The SMILES string of the molecule is N=C(N)c1ncccc1CN1CCCC(C(F)(F)F)C1. The second-order valence-electron chi connectivity index (χ2n) is 5.04. The monoisotopic (exact) mass is 286 g/mol. The average Bonchev–Trinajstić information content (AvgIpc) is 2.38. The van der Waals surface area contributed by atoms with Gasteiger partial charge >= 0.3 is 6.18 Å². The van der Waals surface area contributed by atoms with Gasteiger partial charge < -0.3 is 5.73 Å². The molecule has 1 unspecified atom stereocenters. The van der Waals surface area contributed by atoms with E-state index in [1.54, 1.807) is 17.0 Å². The minimum Gasteiger partial charge on any atom is -0.382 e. The molecule has 0 saturated carbocycles. The Morgan fingerprint density at radius 1 is 1.50 bits per heavy atom. The van der Waals surface area contributed by atoms with E-state index in [-0.39, 0.29) is 18.8 Å². The van der Waals surface area contributed by atoms with Crippen LogP contribution in [0.3, 0.4) is 0 Å². The van der Waals surface area contributed by atoms with Crippen molar-refractivity contribution in [3.05, 3.63) is 29.6 Å². The highest BCUT2D eigenvalue weighted by atomic mass is 19.4. The number of aromatic nitrogens is 1. The minimum atomic E-state index is -4.14. The fourth-order valence-electron chi connectivity index (χ4n) is 2.52. The van der Waals surface area contributed by atoms with Crippen LogP contribution in [0.15, 0.2) is 18.3 Å². The lowest BCUT2D eigenvalue weighted by molar-refractivity contribution is -0.187. The highest BCUT2D eigenvalue weighted by Gasteiger charge is 2.41. The van der Waals surface area contributed by atoms with E-state index in [0.717, 1.165) is 0 Å². The zero-order valence-corrected chi connectivity index (χ0v) is 11.0. The molecule has 4 nitrogen and oxygen atoms in total. The topological polar surface area (TPSA) is 66.0 Å². The third-order valence-electron chi connectivity index (χ3n) is 3.51. The molecule has 7 heteroatoms. The summed E-state index contributed by atoms with van der Waals surface area (Å²) in [5, 5.41) is 7.45. The van der Waals surface area contributed by atoms with Crippen molar-refractivity contribution < 1.29 is 13.2 Å². The predicted molar refractivity (Wildman–Crippen MR) is 69.3 cm³/mol. The van der Waals surface area contributed by atoms with E-state index in [4.69, 9.17) is 11.1 Å². The van der Waals surface area contributed by atoms with Crippen LogP contribution in [0.5, 0.6) is 0 Å². The van der Waals surface area contributed by atoms with Gasteiger partial charge in [-0.15, -0.1) is 0 Å². The van der Waals surface area contributed by atoms with Gasteiger partial charge in [0.25, 0.3) is 0 Å². The number of hydrogen-bond acceptors (Lipinski definition) is 3. The van der Waals surface area contributed by atoms with Crippen LogP contribution in [0.1, 0.15) is 24.1 Å². The quantitative estimate of drug-likeness (QED) is 0.661. The molecule has 2 rings (SSSR count). The van der Waals surface area contributed by atoms with E-state index >= 15 is 0 Å². The molecule has 0 aromatic carbocycles. The molecule has 110 valence electrons. The number of hydrogen-bond donors (Lipinski definition) is 2. The maximum absolute atomic E-state index is 12.8. The number of halogens is 3. The third kappa shape index (κ3) is 3.47. The van der Waals surface area contributed by atoms with Crippen LogP contribution < -0.4 is 5.73 Å². The smallest absolute Gasteiger partial charge is 0.382 e. The molecule has 20 heavy (non-hydrogen) atoms. The summed E-state index contributed by atoms with van der Waals surface area (Å²) < 4.78 is 38.3. The van der Waals surface area contributed by atoms with Crippen LogP contribution in [-0.4, -0.2) is 35.0 Å². The third-order valence-corrected chi connectivity index (χ3v) is 3.51. The molecular weight excluding hydrogens is 269 g/mol. The number of amidine groups is 1. The fourth-order valence-corrected chi connectivity index (χ4v) is 2.52. The Hall–Kier alpha value is -1.63. The van der Waals surface area contributed by atoms with Crippen molar-refractivity contribution in [3.8, 4) is 0 Å². The Bertz CT molecular complexity index is 487. The molecule has 1 aromatic heterocycles. The van der Waals surface area contributed by atoms with Gasteiger partial charge in [-0.05, 0) is 31.0 Å². The van der Waals surface area contributed by atoms with Crippen molar-refractivity contribution in [2.45, 2.75) is 25.6 Å². The molecule has 1 atom stereocenters. The Balaban J connectivity index is 2.09. The molecular formula is C13H17F3N4. The van der Waals surface area contributed by atoms with Gasteiger partial charge in [-0.2, -0.15) is 13.2 Å². The molecule has 0 spiro atoms. The molecule has 1 saturated heterocycles. The standard InChI is InChI=1S/C13H17F3N4/c14-13(15,16)10-4-2-6-20(8-10)7-9-3-1-5-19-11(9)12(17)18/h1,3,5,10H,2,4,6-8H2,(H3,17,18). The zero-order chi connectivity index (χ0) is 14.8. The van der Waals surface area contributed by atoms with Gasteiger partial charge in [0.1, 0.15) is 11.5 Å². The van der Waals surface area contributed by atoms with Gasteiger partial charge in [0, 0.05) is 19.3 Å². The predicted octanol–water partition coefficient (Wildman–Crippen LogP) is 2.14. The first-order chi connectivity index (χ1) is 9.38. The number of alkyl halides is 3. The highest BCUT2D eigenvalue weighted by molar-refractivity contribution is 5.94. The van der Waals surface area contributed by atoms with Crippen molar-refractivity contribution in [1.29, 1.82) is 5.41 Å². The Morgan fingerprint density at radius 2 is 2.25 bits per heavy atom. The molecule has 2 heterocycles. The van der Waals surface area contributed by atoms with Gasteiger partial charge in [0.2, 0.25) is 0 Å². The number of nitrogen functional groups attached to an aromatic ring is 1. The number of pyridine rings is 1. The number of nitrogens with two attached hydrogens (primary N) is 1. The maximum Gasteiger partial charge on any atom is 0.393 e. The Morgan fingerprint density at radius 3 is 2.90 bits per heavy atom. The number of piperidine rings is 1. The average molecular weight is 286 g/mol. The lowest BCUT2D eigenvalue weighted by Gasteiger charge is -2.33. The van der Waals surface area contributed by atoms with Gasteiger partial charge in [0.15, 0.2) is 0 Å². The Labute approximate surface area is 115 Å². The van der Waals surface area contributed by atoms with Crippen LogP contribution in [0.25, 0.3) is 0 Å². The summed E-state index contributed by atoms with van der Waals surface area (Å²) in [7, 11) is 0. The molecule has 1 aliphatic rings. The molecule has 0 amide bonds. The lowest BCUT2D eigenvalue weighted by Crippen LogP contribution is -2.41. The molecule has 1 fully saturated rings. The number of likely N-dealkylation sites (tertiary alicyclic amines) is 1. The van der Waals surface area contributed by atoms with Crippen molar-refractivity contribution in [2.75, 3.05) is 13.1 Å². The normalized spacial score (nSPS) is 20.9. The number of nitrogens with one attached hydrogen (secondary N) is 1. The molecule has 1 aliphatic heterocycles. The van der Waals surface area contributed by atoms with Crippen molar-refractivity contribution in [2.24, 2.45) is 11.7 Å². The molecule has 0 bridgehead atoms. The first-order valence-electron chi connectivity index (χ1n) is 6.45. The van der Waals surface area contributed by atoms with E-state index in [1.165, 1.54) is 6.20 Å². The summed E-state index contributed by atoms with van der Waals surface area (Å²) in [5.41, 5.74) is 6.48. The lowest BCUT2D eigenvalue weighted by atomic mass is 9.97. The zero-order valence-electron chi connectivity index (χ0n) is 11.0. The van der Waals surface area contributed by atoms with Gasteiger partial charge in [0.05, 0.1) is 5.92 Å².